The van der Waals surface area contributed by atoms with Gasteiger partial charge in [0.1, 0.15) is 12.1 Å². The zero-order valence-electron chi connectivity index (χ0n) is 16.6. The number of benzene rings is 2. The van der Waals surface area contributed by atoms with Crippen molar-refractivity contribution in [1.82, 2.24) is 14.7 Å². The molecular formula is C22H14ClF3N4O3. The number of carbonyl (C=O) groups excluding carboxylic acids is 1. The summed E-state index contributed by atoms with van der Waals surface area (Å²) in [4.78, 5) is 29.4. The molecule has 1 amide bonds. The normalized spacial score (nSPS) is 11.4. The Morgan fingerprint density at radius 3 is 2.58 bits per heavy atom. The lowest BCUT2D eigenvalue weighted by Gasteiger charge is -2.12. The van der Waals surface area contributed by atoms with Gasteiger partial charge >= 0.3 is 6.18 Å². The lowest BCUT2D eigenvalue weighted by atomic mass is 10.2. The highest BCUT2D eigenvalue weighted by Gasteiger charge is 2.33. The third-order valence-electron chi connectivity index (χ3n) is 4.58. The lowest BCUT2D eigenvalue weighted by molar-refractivity contribution is -0.137. The van der Waals surface area contributed by atoms with E-state index in [-0.39, 0.29) is 17.1 Å². The van der Waals surface area contributed by atoms with Crippen LogP contribution in [0.25, 0.3) is 22.8 Å². The zero-order chi connectivity index (χ0) is 23.6. The first-order valence-electron chi connectivity index (χ1n) is 9.48. The van der Waals surface area contributed by atoms with Gasteiger partial charge in [0.15, 0.2) is 0 Å². The van der Waals surface area contributed by atoms with Crippen LogP contribution in [0.1, 0.15) is 5.56 Å². The van der Waals surface area contributed by atoms with E-state index in [1.807, 2.05) is 6.07 Å². The summed E-state index contributed by atoms with van der Waals surface area (Å²) in [5.41, 5.74) is -0.991. The minimum absolute atomic E-state index is 0.0267. The number of halogens is 4. The quantitative estimate of drug-likeness (QED) is 0.445. The number of carbonyl (C=O) groups is 1. The van der Waals surface area contributed by atoms with Gasteiger partial charge in [0.05, 0.1) is 10.6 Å². The first-order valence-corrected chi connectivity index (χ1v) is 9.86. The Morgan fingerprint density at radius 1 is 1.09 bits per heavy atom. The molecule has 0 aliphatic heterocycles. The summed E-state index contributed by atoms with van der Waals surface area (Å²) in [7, 11) is 0. The van der Waals surface area contributed by atoms with Crippen molar-refractivity contribution >= 4 is 23.2 Å². The molecule has 11 heteroatoms. The Morgan fingerprint density at radius 2 is 1.85 bits per heavy atom. The van der Waals surface area contributed by atoms with Crippen molar-refractivity contribution < 1.29 is 22.5 Å². The fraction of sp³-hybridized carbons (Fsp3) is 0.0909. The molecule has 0 radical (unpaired) electrons. The number of anilines is 1. The predicted molar refractivity (Wildman–Crippen MR) is 115 cm³/mol. The molecule has 0 fully saturated rings. The summed E-state index contributed by atoms with van der Waals surface area (Å²) < 4.78 is 45.3. The smallest absolute Gasteiger partial charge is 0.333 e. The molecule has 2 aromatic heterocycles. The Labute approximate surface area is 189 Å². The van der Waals surface area contributed by atoms with E-state index in [4.69, 9.17) is 16.1 Å². The number of nitrogens with one attached hydrogen (secondary N) is 1. The Balaban J connectivity index is 1.54. The highest BCUT2D eigenvalue weighted by Crippen LogP contribution is 2.36. The number of amides is 1. The van der Waals surface area contributed by atoms with Gasteiger partial charge in [-0.25, -0.2) is 0 Å². The summed E-state index contributed by atoms with van der Waals surface area (Å²) in [6.07, 6.45) is -3.31. The Kier molecular flexibility index (Phi) is 6.01. The zero-order valence-corrected chi connectivity index (χ0v) is 17.4. The molecule has 168 valence electrons. The predicted octanol–water partition coefficient (Wildman–Crippen LogP) is 4.88. The summed E-state index contributed by atoms with van der Waals surface area (Å²) in [6, 6.07) is 15.0. The second-order valence-electron chi connectivity index (χ2n) is 6.88. The number of hydrogen-bond donors (Lipinski definition) is 1. The second-order valence-corrected chi connectivity index (χ2v) is 7.29. The second kappa shape index (κ2) is 8.91. The fourth-order valence-corrected chi connectivity index (χ4v) is 3.26. The molecule has 2 aromatic carbocycles. The average Bonchev–Trinajstić information content (AvgIpc) is 3.26. The van der Waals surface area contributed by atoms with Crippen molar-refractivity contribution in [2.75, 3.05) is 5.32 Å². The van der Waals surface area contributed by atoms with Crippen LogP contribution in [-0.2, 0) is 17.5 Å². The van der Waals surface area contributed by atoms with Crippen molar-refractivity contribution in [3.63, 3.8) is 0 Å². The molecule has 0 unspecified atom stereocenters. The van der Waals surface area contributed by atoms with E-state index in [2.05, 4.69) is 15.5 Å². The maximum Gasteiger partial charge on any atom is 0.417 e. The average molecular weight is 475 g/mol. The van der Waals surface area contributed by atoms with Gasteiger partial charge in [0.2, 0.25) is 11.7 Å². The molecule has 0 saturated carbocycles. The van der Waals surface area contributed by atoms with Crippen molar-refractivity contribution in [3.05, 3.63) is 87.8 Å². The molecule has 4 aromatic rings. The maximum atomic E-state index is 13.0. The molecule has 4 rings (SSSR count). The van der Waals surface area contributed by atoms with Crippen LogP contribution in [0, 0.1) is 0 Å². The fourth-order valence-electron chi connectivity index (χ4n) is 3.04. The molecule has 7 nitrogen and oxygen atoms in total. The van der Waals surface area contributed by atoms with Gasteiger partial charge < -0.3 is 14.4 Å². The van der Waals surface area contributed by atoms with Gasteiger partial charge in [-0.05, 0) is 30.3 Å². The van der Waals surface area contributed by atoms with Crippen molar-refractivity contribution in [2.24, 2.45) is 0 Å². The van der Waals surface area contributed by atoms with Crippen LogP contribution in [-0.4, -0.2) is 20.6 Å². The molecule has 0 atom stereocenters. The van der Waals surface area contributed by atoms with E-state index >= 15 is 0 Å². The first-order chi connectivity index (χ1) is 15.7. The molecule has 0 aliphatic rings. The van der Waals surface area contributed by atoms with Crippen LogP contribution < -0.4 is 10.9 Å². The number of rotatable bonds is 5. The number of pyridine rings is 1. The largest absolute Gasteiger partial charge is 0.417 e. The van der Waals surface area contributed by atoms with Crippen molar-refractivity contribution in [3.8, 4) is 22.8 Å². The molecule has 0 saturated heterocycles. The number of hydrogen-bond acceptors (Lipinski definition) is 5. The Hall–Kier alpha value is -3.92. The topological polar surface area (TPSA) is 90.0 Å². The van der Waals surface area contributed by atoms with Gasteiger partial charge in [0, 0.05) is 17.4 Å². The standard InChI is InChI=1S/C22H14ClF3N4O3/c23-17-9-8-14(11-16(17)22(24,25)26)27-18(31)12-30-10-4-7-15(21(30)32)20-28-19(29-33-20)13-5-2-1-3-6-13/h1-11H,12H2,(H,27,31). The van der Waals surface area contributed by atoms with E-state index in [0.29, 0.717) is 11.4 Å². The van der Waals surface area contributed by atoms with Gasteiger partial charge in [-0.15, -0.1) is 0 Å². The molecule has 0 spiro atoms. The third kappa shape index (κ3) is 4.96. The van der Waals surface area contributed by atoms with Gasteiger partial charge in [-0.1, -0.05) is 47.1 Å². The van der Waals surface area contributed by atoms with Crippen LogP contribution in [0.5, 0.6) is 0 Å². The van der Waals surface area contributed by atoms with E-state index < -0.39 is 34.8 Å². The lowest BCUT2D eigenvalue weighted by Crippen LogP contribution is -2.28. The summed E-state index contributed by atoms with van der Waals surface area (Å²) in [5.74, 6) is -0.442. The molecule has 1 N–H and O–H groups in total. The van der Waals surface area contributed by atoms with E-state index in [1.54, 1.807) is 24.3 Å². The number of alkyl halides is 3. The minimum Gasteiger partial charge on any atom is -0.333 e. The highest BCUT2D eigenvalue weighted by atomic mass is 35.5. The SMILES string of the molecule is O=C(Cn1cccc(-c2nc(-c3ccccc3)no2)c1=O)Nc1ccc(Cl)c(C(F)(F)F)c1. The molecular weight excluding hydrogens is 461 g/mol. The molecule has 0 bridgehead atoms. The summed E-state index contributed by atoms with van der Waals surface area (Å²) >= 11 is 5.59. The van der Waals surface area contributed by atoms with Crippen LogP contribution >= 0.6 is 11.6 Å². The van der Waals surface area contributed by atoms with E-state index in [0.717, 1.165) is 16.7 Å². The van der Waals surface area contributed by atoms with Crippen LogP contribution in [0.4, 0.5) is 18.9 Å². The third-order valence-corrected chi connectivity index (χ3v) is 4.91. The van der Waals surface area contributed by atoms with Crippen LogP contribution in [0.3, 0.4) is 0 Å². The van der Waals surface area contributed by atoms with E-state index in [1.165, 1.54) is 24.4 Å². The Bertz CT molecular complexity index is 1370. The van der Waals surface area contributed by atoms with E-state index in [9.17, 15) is 22.8 Å². The van der Waals surface area contributed by atoms with Gasteiger partial charge in [0.25, 0.3) is 11.4 Å². The number of nitrogens with zero attached hydrogens (tertiary/aromatic N) is 3. The molecule has 33 heavy (non-hydrogen) atoms. The van der Waals surface area contributed by atoms with Gasteiger partial charge in [-0.2, -0.15) is 18.2 Å². The van der Waals surface area contributed by atoms with Crippen LogP contribution in [0.15, 0.2) is 76.2 Å². The van der Waals surface area contributed by atoms with Gasteiger partial charge in [-0.3, -0.25) is 9.59 Å². The monoisotopic (exact) mass is 474 g/mol. The van der Waals surface area contributed by atoms with Crippen molar-refractivity contribution in [2.45, 2.75) is 12.7 Å². The summed E-state index contributed by atoms with van der Waals surface area (Å²) in [6.45, 7) is -0.448. The highest BCUT2D eigenvalue weighted by molar-refractivity contribution is 6.31. The minimum atomic E-state index is -4.67. The maximum absolute atomic E-state index is 13.0. The molecule has 0 aliphatic carbocycles. The molecule has 2 heterocycles. The number of aromatic nitrogens is 3. The summed E-state index contributed by atoms with van der Waals surface area (Å²) in [5, 5.41) is 5.72. The van der Waals surface area contributed by atoms with Crippen molar-refractivity contribution in [1.29, 1.82) is 0 Å². The van der Waals surface area contributed by atoms with Crippen LogP contribution in [0.2, 0.25) is 5.02 Å². The first kappa shape index (κ1) is 22.3.